The Bertz CT molecular complexity index is 557. The maximum Gasteiger partial charge on any atom is 0.145 e. The van der Waals surface area contributed by atoms with Crippen LogP contribution in [-0.2, 0) is 0 Å². The van der Waals surface area contributed by atoms with Gasteiger partial charge in [0, 0.05) is 12.1 Å². The molecule has 23 heavy (non-hydrogen) atoms. The van der Waals surface area contributed by atoms with E-state index in [2.05, 4.69) is 68.8 Å². The molecule has 3 aliphatic carbocycles. The molecule has 0 aromatic heterocycles. The SMILES string of the molecule is CC1(C)C2CC(CN=C(N[Si](C)(C)C)c3ccccc3)CC1C2. The summed E-state index contributed by atoms with van der Waals surface area (Å²) >= 11 is 0. The van der Waals surface area contributed by atoms with Gasteiger partial charge in [-0.05, 0) is 42.4 Å². The zero-order valence-electron chi connectivity index (χ0n) is 15.4. The van der Waals surface area contributed by atoms with Crippen LogP contribution in [0.15, 0.2) is 35.3 Å². The Labute approximate surface area is 142 Å². The van der Waals surface area contributed by atoms with E-state index in [0.29, 0.717) is 5.41 Å². The molecule has 0 saturated heterocycles. The summed E-state index contributed by atoms with van der Waals surface area (Å²) in [6.45, 7) is 12.9. The molecule has 4 rings (SSSR count). The second kappa shape index (κ2) is 6.08. The van der Waals surface area contributed by atoms with Crippen LogP contribution >= 0.6 is 0 Å². The van der Waals surface area contributed by atoms with E-state index in [1.54, 1.807) is 0 Å². The van der Waals surface area contributed by atoms with Crippen LogP contribution in [0.5, 0.6) is 0 Å². The van der Waals surface area contributed by atoms with E-state index in [-0.39, 0.29) is 0 Å². The van der Waals surface area contributed by atoms with Gasteiger partial charge in [-0.15, -0.1) is 0 Å². The first-order valence-corrected chi connectivity index (χ1v) is 12.6. The standard InChI is InChI=1S/C20H32N2Si/c1-20(2)17-11-15(12-18(20)13-17)14-21-19(22-23(3,4)5)16-9-7-6-8-10-16/h6-10,15,17-18H,11-14H2,1-5H3,(H,21,22). The summed E-state index contributed by atoms with van der Waals surface area (Å²) in [5, 5.41) is 0. The van der Waals surface area contributed by atoms with Crippen molar-refractivity contribution in [1.82, 2.24) is 4.98 Å². The molecule has 3 heteroatoms. The molecular formula is C20H32N2Si. The van der Waals surface area contributed by atoms with E-state index in [4.69, 9.17) is 4.99 Å². The van der Waals surface area contributed by atoms with Crippen molar-refractivity contribution in [3.05, 3.63) is 35.9 Å². The van der Waals surface area contributed by atoms with Gasteiger partial charge >= 0.3 is 0 Å². The molecule has 0 radical (unpaired) electrons. The van der Waals surface area contributed by atoms with Gasteiger partial charge in [-0.1, -0.05) is 63.8 Å². The van der Waals surface area contributed by atoms with Crippen LogP contribution in [0, 0.1) is 23.2 Å². The maximum absolute atomic E-state index is 5.05. The molecule has 1 N–H and O–H groups in total. The number of rotatable bonds is 4. The first-order valence-electron chi connectivity index (χ1n) is 9.14. The summed E-state index contributed by atoms with van der Waals surface area (Å²) in [4.78, 5) is 8.79. The van der Waals surface area contributed by atoms with E-state index >= 15 is 0 Å². The fraction of sp³-hybridized carbons (Fsp3) is 0.650. The van der Waals surface area contributed by atoms with Gasteiger partial charge in [0.05, 0.1) is 0 Å². The highest BCUT2D eigenvalue weighted by Crippen LogP contribution is 2.60. The lowest BCUT2D eigenvalue weighted by Crippen LogP contribution is -2.51. The highest BCUT2D eigenvalue weighted by atomic mass is 28.3. The van der Waals surface area contributed by atoms with Crippen molar-refractivity contribution in [2.75, 3.05) is 6.54 Å². The molecule has 1 aromatic rings. The van der Waals surface area contributed by atoms with Gasteiger partial charge in [0.2, 0.25) is 0 Å². The Morgan fingerprint density at radius 2 is 1.70 bits per heavy atom. The minimum Gasteiger partial charge on any atom is -0.396 e. The summed E-state index contributed by atoms with van der Waals surface area (Å²) in [6.07, 6.45) is 4.22. The minimum absolute atomic E-state index is 0.596. The second-order valence-electron chi connectivity index (χ2n) is 9.22. The number of nitrogens with zero attached hydrogens (tertiary/aromatic N) is 1. The van der Waals surface area contributed by atoms with Crippen molar-refractivity contribution < 1.29 is 0 Å². The van der Waals surface area contributed by atoms with Crippen molar-refractivity contribution >= 4 is 14.1 Å². The van der Waals surface area contributed by atoms with Crippen LogP contribution in [0.1, 0.15) is 38.7 Å². The molecule has 2 bridgehead atoms. The highest BCUT2D eigenvalue weighted by Gasteiger charge is 2.52. The first-order chi connectivity index (χ1) is 10.8. The number of benzene rings is 1. The van der Waals surface area contributed by atoms with Crippen LogP contribution in [0.4, 0.5) is 0 Å². The number of nitrogens with one attached hydrogen (secondary N) is 1. The molecular weight excluding hydrogens is 296 g/mol. The molecule has 2 atom stereocenters. The minimum atomic E-state index is -1.40. The van der Waals surface area contributed by atoms with Crippen molar-refractivity contribution in [2.45, 2.75) is 52.8 Å². The Kier molecular flexibility index (Phi) is 4.43. The normalized spacial score (nSPS) is 29.8. The van der Waals surface area contributed by atoms with Gasteiger partial charge in [-0.3, -0.25) is 4.99 Å². The quantitative estimate of drug-likeness (QED) is 0.473. The average molecular weight is 329 g/mol. The van der Waals surface area contributed by atoms with Crippen molar-refractivity contribution in [3.63, 3.8) is 0 Å². The molecule has 3 saturated carbocycles. The van der Waals surface area contributed by atoms with E-state index in [0.717, 1.165) is 30.1 Å². The zero-order chi connectivity index (χ0) is 16.7. The van der Waals surface area contributed by atoms with Gasteiger partial charge in [0.1, 0.15) is 14.1 Å². The zero-order valence-corrected chi connectivity index (χ0v) is 16.4. The lowest BCUT2D eigenvalue weighted by Gasteiger charge is -2.58. The van der Waals surface area contributed by atoms with E-state index in [1.807, 2.05) is 0 Å². The van der Waals surface area contributed by atoms with Crippen molar-refractivity contribution in [1.29, 1.82) is 0 Å². The largest absolute Gasteiger partial charge is 0.396 e. The monoisotopic (exact) mass is 328 g/mol. The lowest BCUT2D eigenvalue weighted by molar-refractivity contribution is -0.0876. The number of hydrogen-bond acceptors (Lipinski definition) is 1. The number of amidine groups is 1. The van der Waals surface area contributed by atoms with Crippen molar-refractivity contribution in [2.24, 2.45) is 28.2 Å². The second-order valence-corrected chi connectivity index (χ2v) is 14.0. The fourth-order valence-corrected chi connectivity index (χ4v) is 5.28. The maximum atomic E-state index is 5.05. The predicted molar refractivity (Wildman–Crippen MR) is 102 cm³/mol. The van der Waals surface area contributed by atoms with E-state index in [1.165, 1.54) is 24.8 Å². The summed E-state index contributed by atoms with van der Waals surface area (Å²) in [5.41, 5.74) is 1.83. The van der Waals surface area contributed by atoms with Crippen molar-refractivity contribution in [3.8, 4) is 0 Å². The third kappa shape index (κ3) is 3.71. The van der Waals surface area contributed by atoms with Gasteiger partial charge in [-0.25, -0.2) is 0 Å². The number of hydrogen-bond donors (Lipinski definition) is 1. The summed E-state index contributed by atoms with van der Waals surface area (Å²) in [5.74, 6) is 3.77. The average Bonchev–Trinajstić information content (AvgIpc) is 2.51. The summed E-state index contributed by atoms with van der Waals surface area (Å²) in [6, 6.07) is 10.6. The smallest absolute Gasteiger partial charge is 0.145 e. The fourth-order valence-electron chi connectivity index (χ4n) is 4.35. The highest BCUT2D eigenvalue weighted by molar-refractivity contribution is 6.76. The first kappa shape index (κ1) is 16.8. The topological polar surface area (TPSA) is 24.4 Å². The summed E-state index contributed by atoms with van der Waals surface area (Å²) in [7, 11) is -1.40. The van der Waals surface area contributed by atoms with Crippen LogP contribution in [-0.4, -0.2) is 20.6 Å². The predicted octanol–water partition coefficient (Wildman–Crippen LogP) is 4.93. The molecule has 0 aliphatic heterocycles. The molecule has 3 fully saturated rings. The Balaban J connectivity index is 1.69. The number of aliphatic imine (C=N–C) groups is 1. The Morgan fingerprint density at radius 3 is 2.22 bits per heavy atom. The van der Waals surface area contributed by atoms with Gasteiger partial charge in [0.25, 0.3) is 0 Å². The molecule has 2 nitrogen and oxygen atoms in total. The molecule has 2 unspecified atom stereocenters. The number of fused-ring (bicyclic) bond motifs is 2. The lowest BCUT2D eigenvalue weighted by atomic mass is 9.47. The third-order valence-corrected chi connectivity index (χ3v) is 6.94. The third-order valence-electron chi connectivity index (χ3n) is 5.96. The van der Waals surface area contributed by atoms with Crippen LogP contribution in [0.3, 0.4) is 0 Å². The summed E-state index contributed by atoms with van der Waals surface area (Å²) < 4.78 is 0. The van der Waals surface area contributed by atoms with Crippen LogP contribution in [0.2, 0.25) is 19.6 Å². The van der Waals surface area contributed by atoms with Gasteiger partial charge < -0.3 is 4.98 Å². The molecule has 1 aromatic carbocycles. The van der Waals surface area contributed by atoms with Crippen LogP contribution < -0.4 is 4.98 Å². The molecule has 0 heterocycles. The van der Waals surface area contributed by atoms with Gasteiger partial charge in [0.15, 0.2) is 0 Å². The Hall–Kier alpha value is -1.09. The molecule has 0 spiro atoms. The van der Waals surface area contributed by atoms with E-state index in [9.17, 15) is 0 Å². The Morgan fingerprint density at radius 1 is 1.09 bits per heavy atom. The van der Waals surface area contributed by atoms with E-state index < -0.39 is 8.24 Å². The molecule has 0 amide bonds. The molecule has 126 valence electrons. The van der Waals surface area contributed by atoms with Crippen LogP contribution in [0.25, 0.3) is 0 Å². The molecule has 3 aliphatic rings. The van der Waals surface area contributed by atoms with Gasteiger partial charge in [-0.2, -0.15) is 0 Å².